The Morgan fingerprint density at radius 2 is 1.69 bits per heavy atom. The van der Waals surface area contributed by atoms with E-state index in [0.717, 1.165) is 6.54 Å². The molecular weight excluding hydrogens is 404 g/mol. The lowest BCUT2D eigenvalue weighted by molar-refractivity contribution is -0.903. The average Bonchev–Trinajstić information content (AvgIpc) is 3.11. The molecular formula is C26H32N2O4. The van der Waals surface area contributed by atoms with Gasteiger partial charge in [0, 0.05) is 23.7 Å². The molecule has 1 unspecified atom stereocenters. The molecule has 6 nitrogen and oxygen atoms in total. The number of aliphatic carboxylic acids is 2. The van der Waals surface area contributed by atoms with E-state index in [0.29, 0.717) is 12.2 Å². The number of hydrogen-bond donors (Lipinski definition) is 2. The fourth-order valence-electron chi connectivity index (χ4n) is 4.75. The number of carboxylic acid groups (broad SMARTS) is 2. The first-order valence-electron chi connectivity index (χ1n) is 11.3. The number of fused-ring (bicyclic) bond motifs is 1. The number of benzene rings is 2. The molecule has 0 radical (unpaired) electrons. The van der Waals surface area contributed by atoms with Gasteiger partial charge in [-0.2, -0.15) is 0 Å². The molecule has 0 bridgehead atoms. The Morgan fingerprint density at radius 3 is 2.31 bits per heavy atom. The predicted molar refractivity (Wildman–Crippen MR) is 123 cm³/mol. The van der Waals surface area contributed by atoms with E-state index in [-0.39, 0.29) is 5.41 Å². The normalized spacial score (nSPS) is 20.5. The number of likely N-dealkylation sites (tertiary alicyclic amines) is 1. The van der Waals surface area contributed by atoms with Crippen LogP contribution in [0.3, 0.4) is 0 Å². The smallest absolute Gasteiger partial charge is 0.328 e. The Morgan fingerprint density at radius 1 is 1.03 bits per heavy atom. The largest absolute Gasteiger partial charge is 0.545 e. The van der Waals surface area contributed by atoms with Crippen LogP contribution < -0.4 is 14.9 Å². The minimum atomic E-state index is -1.51. The number of quaternary nitrogens is 1. The highest BCUT2D eigenvalue weighted by Gasteiger charge is 2.40. The monoisotopic (exact) mass is 436 g/mol. The van der Waals surface area contributed by atoms with E-state index in [1.54, 1.807) is 4.90 Å². The van der Waals surface area contributed by atoms with Crippen molar-refractivity contribution in [3.63, 3.8) is 0 Å². The molecule has 0 amide bonds. The topological polar surface area (TPSA) is 85.1 Å². The maximum atomic E-state index is 9.53. The van der Waals surface area contributed by atoms with E-state index in [4.69, 9.17) is 5.11 Å². The number of carbonyl (C=O) groups is 2. The molecule has 0 aromatic heterocycles. The number of rotatable bonds is 6. The van der Waals surface area contributed by atoms with Crippen molar-refractivity contribution in [3.8, 4) is 0 Å². The molecule has 6 heteroatoms. The van der Waals surface area contributed by atoms with Gasteiger partial charge < -0.3 is 24.8 Å². The number of carboxylic acids is 2. The molecule has 2 heterocycles. The van der Waals surface area contributed by atoms with Crippen LogP contribution in [0.1, 0.15) is 37.3 Å². The summed E-state index contributed by atoms with van der Waals surface area (Å²) >= 11 is 0. The summed E-state index contributed by atoms with van der Waals surface area (Å²) in [6, 6.07) is 20.1. The number of nitrogens with one attached hydrogen (secondary N) is 1. The summed E-state index contributed by atoms with van der Waals surface area (Å²) < 4.78 is 0. The Kier molecular flexibility index (Phi) is 8.06. The molecule has 0 saturated carbocycles. The van der Waals surface area contributed by atoms with Crippen LogP contribution in [0.4, 0.5) is 5.69 Å². The van der Waals surface area contributed by atoms with Crippen LogP contribution in [0.25, 0.3) is 0 Å². The number of piperidine rings is 1. The molecule has 170 valence electrons. The Bertz CT molecular complexity index is 922. The summed E-state index contributed by atoms with van der Waals surface area (Å²) in [7, 11) is 0. The average molecular weight is 437 g/mol. The first-order chi connectivity index (χ1) is 15.4. The maximum Gasteiger partial charge on any atom is 0.328 e. The molecule has 2 aromatic rings. The van der Waals surface area contributed by atoms with Gasteiger partial charge in [-0.3, -0.25) is 0 Å². The van der Waals surface area contributed by atoms with Crippen molar-refractivity contribution in [2.24, 2.45) is 0 Å². The second-order valence-electron chi connectivity index (χ2n) is 8.69. The van der Waals surface area contributed by atoms with Gasteiger partial charge in [-0.15, -0.1) is 0 Å². The SMILES string of the molecule is CC1(c2ccccc2)CN(CC[NH+]2CCCCC2)c2ccccc21.O=C([O-])/C=C/C(=O)O. The standard InChI is InChI=1S/C22H28N2.C4H4O4/c1-22(19-10-4-2-5-11-19)18-24(21-13-7-6-12-20(21)22)17-16-23-14-8-3-9-15-23;5-3(6)1-2-4(7)8/h2,4-7,10-13H,3,8-9,14-18H2,1H3;1-2H,(H,5,6)(H,7,8)/b;2-1+. The van der Waals surface area contributed by atoms with E-state index in [1.165, 1.54) is 62.3 Å². The second-order valence-corrected chi connectivity index (χ2v) is 8.69. The highest BCUT2D eigenvalue weighted by molar-refractivity contribution is 5.88. The number of anilines is 1. The molecule has 0 spiro atoms. The molecule has 1 fully saturated rings. The van der Waals surface area contributed by atoms with Crippen molar-refractivity contribution in [3.05, 3.63) is 77.9 Å². The first kappa shape index (κ1) is 23.5. The fraction of sp³-hybridized carbons (Fsp3) is 0.385. The van der Waals surface area contributed by atoms with Crippen LogP contribution in [-0.2, 0) is 15.0 Å². The molecule has 2 aliphatic rings. The van der Waals surface area contributed by atoms with Crippen molar-refractivity contribution in [2.75, 3.05) is 37.6 Å². The van der Waals surface area contributed by atoms with Gasteiger partial charge in [0.25, 0.3) is 0 Å². The molecule has 2 N–H and O–H groups in total. The van der Waals surface area contributed by atoms with Crippen LogP contribution >= 0.6 is 0 Å². The Balaban J connectivity index is 0.000000312. The quantitative estimate of drug-likeness (QED) is 0.666. The number of hydrogen-bond acceptors (Lipinski definition) is 4. The maximum absolute atomic E-state index is 9.53. The van der Waals surface area contributed by atoms with Gasteiger partial charge in [0.05, 0.1) is 32.1 Å². The lowest BCUT2D eigenvalue weighted by Gasteiger charge is -2.29. The second kappa shape index (κ2) is 11.0. The van der Waals surface area contributed by atoms with E-state index in [2.05, 4.69) is 66.4 Å². The molecule has 0 aliphatic carbocycles. The van der Waals surface area contributed by atoms with E-state index >= 15 is 0 Å². The zero-order valence-electron chi connectivity index (χ0n) is 18.6. The summed E-state index contributed by atoms with van der Waals surface area (Å²) in [5.74, 6) is -2.80. The van der Waals surface area contributed by atoms with Crippen LogP contribution in [0.2, 0.25) is 0 Å². The summed E-state index contributed by atoms with van der Waals surface area (Å²) in [4.78, 5) is 23.4. The Labute approximate surface area is 189 Å². The lowest BCUT2D eigenvalue weighted by atomic mass is 9.78. The van der Waals surface area contributed by atoms with Crippen LogP contribution in [0.15, 0.2) is 66.7 Å². The van der Waals surface area contributed by atoms with Gasteiger partial charge in [-0.05, 0) is 49.5 Å². The zero-order valence-corrected chi connectivity index (χ0v) is 18.6. The van der Waals surface area contributed by atoms with Crippen LogP contribution in [0.5, 0.6) is 0 Å². The predicted octanol–water partition coefficient (Wildman–Crippen LogP) is 1.26. The van der Waals surface area contributed by atoms with Gasteiger partial charge in [-0.25, -0.2) is 4.79 Å². The van der Waals surface area contributed by atoms with Crippen molar-refractivity contribution in [1.82, 2.24) is 0 Å². The van der Waals surface area contributed by atoms with Gasteiger partial charge in [0.15, 0.2) is 0 Å². The molecule has 2 aliphatic heterocycles. The highest BCUT2D eigenvalue weighted by Crippen LogP contribution is 2.44. The fourth-order valence-corrected chi connectivity index (χ4v) is 4.75. The molecule has 4 rings (SSSR count). The summed E-state index contributed by atoms with van der Waals surface area (Å²) in [6.07, 6.45) is 5.20. The van der Waals surface area contributed by atoms with Gasteiger partial charge in [0.2, 0.25) is 0 Å². The summed E-state index contributed by atoms with van der Waals surface area (Å²) in [5.41, 5.74) is 4.48. The van der Waals surface area contributed by atoms with Gasteiger partial charge >= 0.3 is 5.97 Å². The molecule has 32 heavy (non-hydrogen) atoms. The molecule has 2 aromatic carbocycles. The van der Waals surface area contributed by atoms with Crippen LogP contribution in [-0.4, -0.2) is 49.8 Å². The third-order valence-corrected chi connectivity index (χ3v) is 6.42. The van der Waals surface area contributed by atoms with E-state index < -0.39 is 11.9 Å². The van der Waals surface area contributed by atoms with Crippen molar-refractivity contribution in [1.29, 1.82) is 0 Å². The first-order valence-corrected chi connectivity index (χ1v) is 11.3. The number of carbonyl (C=O) groups excluding carboxylic acids is 1. The van der Waals surface area contributed by atoms with Gasteiger partial charge in [0.1, 0.15) is 0 Å². The van der Waals surface area contributed by atoms with E-state index in [1.807, 2.05) is 0 Å². The van der Waals surface area contributed by atoms with Crippen molar-refractivity contribution in [2.45, 2.75) is 31.6 Å². The summed E-state index contributed by atoms with van der Waals surface area (Å²) in [5, 5.41) is 17.2. The highest BCUT2D eigenvalue weighted by atomic mass is 16.4. The number of para-hydroxylation sites is 1. The van der Waals surface area contributed by atoms with E-state index in [9.17, 15) is 14.7 Å². The lowest BCUT2D eigenvalue weighted by Crippen LogP contribution is -3.13. The van der Waals surface area contributed by atoms with Crippen LogP contribution in [0, 0.1) is 0 Å². The van der Waals surface area contributed by atoms with Crippen molar-refractivity contribution >= 4 is 17.6 Å². The minimum absolute atomic E-state index is 0.106. The van der Waals surface area contributed by atoms with Crippen molar-refractivity contribution < 1.29 is 24.7 Å². The third kappa shape index (κ3) is 5.98. The zero-order chi connectivity index (χ0) is 23.0. The third-order valence-electron chi connectivity index (χ3n) is 6.42. The summed E-state index contributed by atoms with van der Waals surface area (Å²) in [6.45, 7) is 8.70. The minimum Gasteiger partial charge on any atom is -0.545 e. The molecule has 1 atom stereocenters. The Hall–Kier alpha value is -3.12. The van der Waals surface area contributed by atoms with Gasteiger partial charge in [-0.1, -0.05) is 48.5 Å². The molecule has 1 saturated heterocycles. The number of nitrogens with zero attached hydrogens (tertiary/aromatic N) is 1.